The normalized spacial score (nSPS) is 23.3. The van der Waals surface area contributed by atoms with E-state index in [1.807, 2.05) is 24.3 Å². The quantitative estimate of drug-likeness (QED) is 0.796. The maximum absolute atomic E-state index is 12.1. The fourth-order valence-electron chi connectivity index (χ4n) is 2.52. The van der Waals surface area contributed by atoms with Crippen LogP contribution in [0.1, 0.15) is 30.9 Å². The third kappa shape index (κ3) is 1.91. The molecule has 1 unspecified atom stereocenters. The van der Waals surface area contributed by atoms with Gasteiger partial charge in [-0.3, -0.25) is 4.79 Å². The molecule has 2 heteroatoms. The standard InChI is InChI=1S/C15H15NO/c17-15-10-14(11-6-2-1-3-7-11)16-13-9-5-4-8-12(13)15/h1-3,5-7,9,14,16H,4,8,10H2. The lowest BCUT2D eigenvalue weighted by Gasteiger charge is -2.29. The zero-order chi connectivity index (χ0) is 11.7. The fraction of sp³-hybridized carbons (Fsp3) is 0.267. The van der Waals surface area contributed by atoms with Gasteiger partial charge < -0.3 is 5.32 Å². The molecule has 1 atom stereocenters. The second-order valence-electron chi connectivity index (χ2n) is 4.57. The molecule has 1 N–H and O–H groups in total. The van der Waals surface area contributed by atoms with Gasteiger partial charge >= 0.3 is 0 Å². The zero-order valence-electron chi connectivity index (χ0n) is 9.65. The molecule has 1 aromatic rings. The van der Waals surface area contributed by atoms with Gasteiger partial charge in [-0.1, -0.05) is 36.4 Å². The van der Waals surface area contributed by atoms with Crippen LogP contribution in [0.2, 0.25) is 0 Å². The Labute approximate surface area is 101 Å². The van der Waals surface area contributed by atoms with E-state index in [2.05, 4.69) is 23.5 Å². The van der Waals surface area contributed by atoms with E-state index in [1.165, 1.54) is 5.56 Å². The molecular formula is C15H15NO. The van der Waals surface area contributed by atoms with E-state index in [0.717, 1.165) is 24.1 Å². The smallest absolute Gasteiger partial charge is 0.163 e. The van der Waals surface area contributed by atoms with Crippen molar-refractivity contribution in [2.75, 3.05) is 0 Å². The summed E-state index contributed by atoms with van der Waals surface area (Å²) in [5.41, 5.74) is 3.20. The number of nitrogens with one attached hydrogen (secondary N) is 1. The highest BCUT2D eigenvalue weighted by molar-refractivity contribution is 5.98. The second kappa shape index (κ2) is 4.21. The van der Waals surface area contributed by atoms with Crippen LogP contribution in [0.25, 0.3) is 0 Å². The van der Waals surface area contributed by atoms with Crippen molar-refractivity contribution in [1.82, 2.24) is 5.32 Å². The average molecular weight is 225 g/mol. The Hall–Kier alpha value is -1.83. The lowest BCUT2D eigenvalue weighted by molar-refractivity contribution is -0.116. The van der Waals surface area contributed by atoms with Gasteiger partial charge in [0.05, 0.1) is 6.04 Å². The first-order valence-corrected chi connectivity index (χ1v) is 6.09. The summed E-state index contributed by atoms with van der Waals surface area (Å²) < 4.78 is 0. The first-order chi connectivity index (χ1) is 8.34. The van der Waals surface area contributed by atoms with Crippen molar-refractivity contribution in [2.24, 2.45) is 0 Å². The largest absolute Gasteiger partial charge is 0.377 e. The van der Waals surface area contributed by atoms with Crippen molar-refractivity contribution < 1.29 is 4.79 Å². The Morgan fingerprint density at radius 3 is 2.82 bits per heavy atom. The van der Waals surface area contributed by atoms with Gasteiger partial charge in [-0.25, -0.2) is 0 Å². The zero-order valence-corrected chi connectivity index (χ0v) is 9.65. The maximum Gasteiger partial charge on any atom is 0.163 e. The van der Waals surface area contributed by atoms with Gasteiger partial charge in [0.15, 0.2) is 5.78 Å². The van der Waals surface area contributed by atoms with Crippen molar-refractivity contribution in [3.8, 4) is 0 Å². The Kier molecular flexibility index (Phi) is 2.56. The number of carbonyl (C=O) groups excluding carboxylic acids is 1. The number of carbonyl (C=O) groups is 1. The minimum Gasteiger partial charge on any atom is -0.377 e. The van der Waals surface area contributed by atoms with Crippen molar-refractivity contribution >= 4 is 5.78 Å². The van der Waals surface area contributed by atoms with Crippen LogP contribution in [0.5, 0.6) is 0 Å². The van der Waals surface area contributed by atoms with Crippen LogP contribution < -0.4 is 5.32 Å². The molecule has 17 heavy (non-hydrogen) atoms. The Morgan fingerprint density at radius 1 is 1.18 bits per heavy atom. The molecule has 0 amide bonds. The molecule has 0 aromatic heterocycles. The minimum absolute atomic E-state index is 0.130. The Balaban J connectivity index is 1.91. The maximum atomic E-state index is 12.1. The summed E-state index contributed by atoms with van der Waals surface area (Å²) in [7, 11) is 0. The number of hydrogen-bond donors (Lipinski definition) is 1. The summed E-state index contributed by atoms with van der Waals surface area (Å²) in [6.07, 6.45) is 6.64. The third-order valence-corrected chi connectivity index (χ3v) is 3.43. The molecule has 1 aliphatic carbocycles. The molecule has 3 rings (SSSR count). The molecule has 0 saturated carbocycles. The number of hydrogen-bond acceptors (Lipinski definition) is 2. The van der Waals surface area contributed by atoms with Crippen molar-refractivity contribution in [3.63, 3.8) is 0 Å². The highest BCUT2D eigenvalue weighted by Crippen LogP contribution is 2.30. The van der Waals surface area contributed by atoms with Crippen molar-refractivity contribution in [1.29, 1.82) is 0 Å². The molecule has 0 fully saturated rings. The molecule has 2 aliphatic rings. The van der Waals surface area contributed by atoms with Gasteiger partial charge in [0.2, 0.25) is 0 Å². The molecule has 0 spiro atoms. The minimum atomic E-state index is 0.130. The third-order valence-electron chi connectivity index (χ3n) is 3.43. The van der Waals surface area contributed by atoms with Crippen LogP contribution in [0, 0.1) is 0 Å². The van der Waals surface area contributed by atoms with E-state index in [1.54, 1.807) is 0 Å². The molecule has 0 radical (unpaired) electrons. The van der Waals surface area contributed by atoms with Gasteiger partial charge in [-0.2, -0.15) is 0 Å². The van der Waals surface area contributed by atoms with Gasteiger partial charge in [0.1, 0.15) is 0 Å². The highest BCUT2D eigenvalue weighted by atomic mass is 16.1. The van der Waals surface area contributed by atoms with Gasteiger partial charge in [-0.15, -0.1) is 0 Å². The molecule has 2 nitrogen and oxygen atoms in total. The molecule has 86 valence electrons. The van der Waals surface area contributed by atoms with E-state index in [9.17, 15) is 4.79 Å². The SMILES string of the molecule is O=C1CC(c2ccccc2)NC2=C1CCC=C2. The van der Waals surface area contributed by atoms with Crippen molar-refractivity contribution in [2.45, 2.75) is 25.3 Å². The average Bonchev–Trinajstić information content (AvgIpc) is 2.40. The van der Waals surface area contributed by atoms with E-state index in [0.29, 0.717) is 12.2 Å². The Bertz CT molecular complexity index is 499. The Morgan fingerprint density at radius 2 is 2.00 bits per heavy atom. The molecule has 0 bridgehead atoms. The summed E-state index contributed by atoms with van der Waals surface area (Å²) in [4.78, 5) is 12.1. The first kappa shape index (κ1) is 10.3. The summed E-state index contributed by atoms with van der Waals surface area (Å²) in [6, 6.07) is 10.3. The van der Waals surface area contributed by atoms with Crippen LogP contribution in [0.15, 0.2) is 53.8 Å². The first-order valence-electron chi connectivity index (χ1n) is 6.09. The van der Waals surface area contributed by atoms with Crippen molar-refractivity contribution in [3.05, 3.63) is 59.3 Å². The lowest BCUT2D eigenvalue weighted by atomic mass is 9.88. The lowest BCUT2D eigenvalue weighted by Crippen LogP contribution is -2.31. The van der Waals surface area contributed by atoms with Crippen LogP contribution >= 0.6 is 0 Å². The van der Waals surface area contributed by atoms with E-state index < -0.39 is 0 Å². The van der Waals surface area contributed by atoms with Gasteiger partial charge in [-0.05, 0) is 24.5 Å². The predicted molar refractivity (Wildman–Crippen MR) is 67.3 cm³/mol. The number of benzene rings is 1. The topological polar surface area (TPSA) is 29.1 Å². The van der Waals surface area contributed by atoms with E-state index in [-0.39, 0.29) is 6.04 Å². The molecular weight excluding hydrogens is 210 g/mol. The number of Topliss-reactive ketones (excluding diaryl/α,β-unsaturated/α-hetero) is 1. The molecule has 1 aromatic carbocycles. The van der Waals surface area contributed by atoms with Crippen LogP contribution in [0.3, 0.4) is 0 Å². The fourth-order valence-corrected chi connectivity index (χ4v) is 2.52. The van der Waals surface area contributed by atoms with Crippen LogP contribution in [-0.4, -0.2) is 5.78 Å². The predicted octanol–water partition coefficient (Wildman–Crippen LogP) is 2.89. The number of rotatable bonds is 1. The molecule has 1 heterocycles. The summed E-state index contributed by atoms with van der Waals surface area (Å²) >= 11 is 0. The van der Waals surface area contributed by atoms with Crippen LogP contribution in [0.4, 0.5) is 0 Å². The number of allylic oxidation sites excluding steroid dienone is 3. The summed E-state index contributed by atoms with van der Waals surface area (Å²) in [6.45, 7) is 0. The summed E-state index contributed by atoms with van der Waals surface area (Å²) in [5, 5.41) is 3.47. The highest BCUT2D eigenvalue weighted by Gasteiger charge is 2.27. The van der Waals surface area contributed by atoms with Crippen LogP contribution in [-0.2, 0) is 4.79 Å². The van der Waals surface area contributed by atoms with Gasteiger partial charge in [0, 0.05) is 17.7 Å². The number of ketones is 1. The second-order valence-corrected chi connectivity index (χ2v) is 4.57. The van der Waals surface area contributed by atoms with E-state index >= 15 is 0 Å². The van der Waals surface area contributed by atoms with E-state index in [4.69, 9.17) is 0 Å². The molecule has 1 aliphatic heterocycles. The monoisotopic (exact) mass is 225 g/mol. The molecule has 0 saturated heterocycles. The summed E-state index contributed by atoms with van der Waals surface area (Å²) in [5.74, 6) is 0.303. The van der Waals surface area contributed by atoms with Gasteiger partial charge in [0.25, 0.3) is 0 Å².